The second-order valence-electron chi connectivity index (χ2n) is 6.39. The minimum Gasteiger partial charge on any atom is -0.345 e. The van der Waals surface area contributed by atoms with Gasteiger partial charge in [-0.3, -0.25) is 4.79 Å². The van der Waals surface area contributed by atoms with Crippen molar-refractivity contribution in [1.82, 2.24) is 9.80 Å². The van der Waals surface area contributed by atoms with Gasteiger partial charge in [-0.25, -0.2) is 0 Å². The van der Waals surface area contributed by atoms with E-state index >= 15 is 0 Å². The molecule has 25 heavy (non-hydrogen) atoms. The van der Waals surface area contributed by atoms with E-state index in [1.54, 1.807) is 0 Å². The third-order valence-corrected chi connectivity index (χ3v) is 4.75. The van der Waals surface area contributed by atoms with Gasteiger partial charge in [0, 0.05) is 13.6 Å². The van der Waals surface area contributed by atoms with Gasteiger partial charge >= 0.3 is 0 Å². The summed E-state index contributed by atoms with van der Waals surface area (Å²) in [4.78, 5) is 17.4. The molecular weight excluding hydrogens is 308 g/mol. The molecule has 0 N–H and O–H groups in total. The number of amides is 1. The van der Waals surface area contributed by atoms with Crippen LogP contribution in [0.4, 0.5) is 0 Å². The number of benzene rings is 2. The van der Waals surface area contributed by atoms with Gasteiger partial charge in [0.25, 0.3) is 0 Å². The minimum absolute atomic E-state index is 0.164. The third-order valence-electron chi connectivity index (χ3n) is 4.75. The van der Waals surface area contributed by atoms with Gasteiger partial charge in [0.2, 0.25) is 5.91 Å². The van der Waals surface area contributed by atoms with Gasteiger partial charge in [-0.1, -0.05) is 74.5 Å². The highest BCUT2D eigenvalue weighted by Crippen LogP contribution is 2.26. The summed E-state index contributed by atoms with van der Waals surface area (Å²) in [6.07, 6.45) is 1.00. The van der Waals surface area contributed by atoms with Gasteiger partial charge < -0.3 is 9.80 Å². The van der Waals surface area contributed by atoms with Crippen molar-refractivity contribution >= 4 is 5.91 Å². The molecule has 0 fully saturated rings. The van der Waals surface area contributed by atoms with Crippen molar-refractivity contribution in [2.75, 3.05) is 33.2 Å². The topological polar surface area (TPSA) is 23.6 Å². The van der Waals surface area contributed by atoms with E-state index in [9.17, 15) is 4.79 Å². The number of likely N-dealkylation sites (N-methyl/N-ethyl adjacent to an activating group) is 1. The largest absolute Gasteiger partial charge is 0.345 e. The van der Waals surface area contributed by atoms with Crippen molar-refractivity contribution in [2.24, 2.45) is 0 Å². The number of carbonyl (C=O) groups excluding carboxylic acids is 1. The molecule has 0 unspecified atom stereocenters. The van der Waals surface area contributed by atoms with Crippen LogP contribution < -0.4 is 0 Å². The fourth-order valence-electron chi connectivity index (χ4n) is 3.17. The molecule has 0 saturated heterocycles. The van der Waals surface area contributed by atoms with E-state index in [0.717, 1.165) is 43.7 Å². The zero-order valence-corrected chi connectivity index (χ0v) is 15.7. The lowest BCUT2D eigenvalue weighted by atomic mass is 9.90. The van der Waals surface area contributed by atoms with Gasteiger partial charge in [0.1, 0.15) is 0 Å². The zero-order valence-electron chi connectivity index (χ0n) is 15.7. The van der Waals surface area contributed by atoms with Crippen LogP contribution in [0.1, 0.15) is 37.3 Å². The van der Waals surface area contributed by atoms with E-state index in [0.29, 0.717) is 0 Å². The Labute approximate surface area is 152 Å². The van der Waals surface area contributed by atoms with Gasteiger partial charge in [-0.05, 0) is 37.2 Å². The number of hydrogen-bond acceptors (Lipinski definition) is 2. The van der Waals surface area contributed by atoms with Crippen LogP contribution in [0.3, 0.4) is 0 Å². The van der Waals surface area contributed by atoms with Crippen LogP contribution >= 0.6 is 0 Å². The molecule has 3 nitrogen and oxygen atoms in total. The lowest BCUT2D eigenvalue weighted by Gasteiger charge is -2.26. The normalized spacial score (nSPS) is 11.1. The summed E-state index contributed by atoms with van der Waals surface area (Å²) in [5.41, 5.74) is 2.10. The van der Waals surface area contributed by atoms with E-state index in [2.05, 4.69) is 18.7 Å². The molecule has 0 bridgehead atoms. The number of nitrogens with zero attached hydrogens (tertiary/aromatic N) is 2. The first-order valence-corrected chi connectivity index (χ1v) is 9.24. The molecule has 0 aliphatic heterocycles. The second-order valence-corrected chi connectivity index (χ2v) is 6.39. The molecule has 134 valence electrons. The molecule has 0 aliphatic carbocycles. The van der Waals surface area contributed by atoms with Crippen LogP contribution in [0.25, 0.3) is 0 Å². The molecule has 0 radical (unpaired) electrons. The molecule has 0 spiro atoms. The minimum atomic E-state index is -0.235. The van der Waals surface area contributed by atoms with Gasteiger partial charge in [0.15, 0.2) is 0 Å². The average molecular weight is 338 g/mol. The summed E-state index contributed by atoms with van der Waals surface area (Å²) in [6.45, 7) is 8.30. The maximum absolute atomic E-state index is 13.2. The lowest BCUT2D eigenvalue weighted by molar-refractivity contribution is -0.130. The molecule has 0 atom stereocenters. The first kappa shape index (κ1) is 19.2. The van der Waals surface area contributed by atoms with E-state index in [1.807, 2.05) is 72.6 Å². The Hall–Kier alpha value is -2.13. The summed E-state index contributed by atoms with van der Waals surface area (Å²) in [5.74, 6) is -0.0715. The lowest BCUT2D eigenvalue weighted by Crippen LogP contribution is -2.35. The quantitative estimate of drug-likeness (QED) is 0.690. The smallest absolute Gasteiger partial charge is 0.234 e. The van der Waals surface area contributed by atoms with Crippen LogP contribution in [0.5, 0.6) is 0 Å². The second kappa shape index (κ2) is 10.00. The van der Waals surface area contributed by atoms with E-state index in [4.69, 9.17) is 0 Å². The Morgan fingerprint density at radius 1 is 0.840 bits per heavy atom. The Morgan fingerprint density at radius 3 is 1.76 bits per heavy atom. The van der Waals surface area contributed by atoms with Crippen LogP contribution in [0.15, 0.2) is 60.7 Å². The highest BCUT2D eigenvalue weighted by Gasteiger charge is 2.25. The SMILES string of the molecule is CCN(CC)CCCN(C)C(=O)C(c1ccccc1)c1ccccc1. The van der Waals surface area contributed by atoms with Crippen molar-refractivity contribution in [3.63, 3.8) is 0 Å². The first-order valence-electron chi connectivity index (χ1n) is 9.24. The predicted octanol–water partition coefficient (Wildman–Crippen LogP) is 4.01. The van der Waals surface area contributed by atoms with Crippen molar-refractivity contribution in [3.05, 3.63) is 71.8 Å². The summed E-state index contributed by atoms with van der Waals surface area (Å²) in [7, 11) is 1.92. The molecule has 0 heterocycles. The predicted molar refractivity (Wildman–Crippen MR) is 105 cm³/mol. The molecule has 2 rings (SSSR count). The van der Waals surface area contributed by atoms with Crippen LogP contribution in [-0.4, -0.2) is 48.9 Å². The Balaban J connectivity index is 2.10. The van der Waals surface area contributed by atoms with E-state index < -0.39 is 0 Å². The fourth-order valence-corrected chi connectivity index (χ4v) is 3.17. The monoisotopic (exact) mass is 338 g/mol. The molecular formula is C22H30N2O. The average Bonchev–Trinajstić information content (AvgIpc) is 2.67. The molecule has 2 aromatic rings. The maximum atomic E-state index is 13.2. The van der Waals surface area contributed by atoms with E-state index in [-0.39, 0.29) is 11.8 Å². The molecule has 0 saturated carbocycles. The Bertz CT molecular complexity index is 583. The standard InChI is InChI=1S/C22H30N2O/c1-4-24(5-2)18-12-17-23(3)22(25)21(19-13-8-6-9-14-19)20-15-10-7-11-16-20/h6-11,13-16,21H,4-5,12,17-18H2,1-3H3. The molecule has 1 amide bonds. The van der Waals surface area contributed by atoms with Crippen molar-refractivity contribution in [1.29, 1.82) is 0 Å². The molecule has 2 aromatic carbocycles. The highest BCUT2D eigenvalue weighted by atomic mass is 16.2. The Kier molecular flexibility index (Phi) is 7.68. The van der Waals surface area contributed by atoms with Gasteiger partial charge in [-0.2, -0.15) is 0 Å². The van der Waals surface area contributed by atoms with Crippen LogP contribution in [-0.2, 0) is 4.79 Å². The molecule has 0 aromatic heterocycles. The molecule has 0 aliphatic rings. The first-order chi connectivity index (χ1) is 12.2. The highest BCUT2D eigenvalue weighted by molar-refractivity contribution is 5.87. The number of carbonyl (C=O) groups is 1. The summed E-state index contributed by atoms with van der Waals surface area (Å²) in [5, 5.41) is 0. The number of rotatable bonds is 9. The summed E-state index contributed by atoms with van der Waals surface area (Å²) in [6, 6.07) is 20.1. The van der Waals surface area contributed by atoms with Crippen LogP contribution in [0.2, 0.25) is 0 Å². The third kappa shape index (κ3) is 5.43. The van der Waals surface area contributed by atoms with Crippen molar-refractivity contribution in [2.45, 2.75) is 26.2 Å². The zero-order chi connectivity index (χ0) is 18.1. The summed E-state index contributed by atoms with van der Waals surface area (Å²) < 4.78 is 0. The van der Waals surface area contributed by atoms with Gasteiger partial charge in [-0.15, -0.1) is 0 Å². The van der Waals surface area contributed by atoms with Crippen molar-refractivity contribution in [3.8, 4) is 0 Å². The number of hydrogen-bond donors (Lipinski definition) is 0. The molecule has 3 heteroatoms. The van der Waals surface area contributed by atoms with Crippen LogP contribution in [0, 0.1) is 0 Å². The van der Waals surface area contributed by atoms with Crippen molar-refractivity contribution < 1.29 is 4.79 Å². The Morgan fingerprint density at radius 2 is 1.32 bits per heavy atom. The fraction of sp³-hybridized carbons (Fsp3) is 0.409. The van der Waals surface area contributed by atoms with Gasteiger partial charge in [0.05, 0.1) is 5.92 Å². The summed E-state index contributed by atoms with van der Waals surface area (Å²) >= 11 is 0. The van der Waals surface area contributed by atoms with E-state index in [1.165, 1.54) is 0 Å². The maximum Gasteiger partial charge on any atom is 0.234 e.